The first-order chi connectivity index (χ1) is 15.0. The number of nitrogens with one attached hydrogen (secondary N) is 2. The van der Waals surface area contributed by atoms with E-state index in [1.165, 1.54) is 24.3 Å². The zero-order chi connectivity index (χ0) is 21.5. The maximum absolute atomic E-state index is 13.4. The molecule has 7 heteroatoms. The molecule has 0 radical (unpaired) electrons. The fourth-order valence-corrected chi connectivity index (χ4v) is 4.18. The Labute approximate surface area is 183 Å². The molecule has 1 atom stereocenters. The average Bonchev–Trinajstić information content (AvgIpc) is 3.12. The first-order valence-corrected chi connectivity index (χ1v) is 10.2. The SMILES string of the molecule is CC1=C(C(=O)Nc2ccc(F)cc2)[C@@H](c2cccc(Cl)c2)n2c(nc3ccccc32)N1. The number of para-hydroxylation sites is 2. The molecule has 3 aromatic carbocycles. The number of imidazole rings is 1. The maximum atomic E-state index is 13.4. The Morgan fingerprint density at radius 3 is 2.65 bits per heavy atom. The Kier molecular flexibility index (Phi) is 4.71. The first kappa shape index (κ1) is 19.3. The average molecular weight is 433 g/mol. The van der Waals surface area contributed by atoms with Gasteiger partial charge in [0.05, 0.1) is 22.6 Å². The van der Waals surface area contributed by atoms with E-state index in [2.05, 4.69) is 10.6 Å². The van der Waals surface area contributed by atoms with Crippen molar-refractivity contribution in [3.05, 3.63) is 100 Å². The smallest absolute Gasteiger partial charge is 0.255 e. The lowest BCUT2D eigenvalue weighted by Gasteiger charge is -2.30. The lowest BCUT2D eigenvalue weighted by atomic mass is 9.94. The normalized spacial score (nSPS) is 15.5. The minimum Gasteiger partial charge on any atom is -0.329 e. The lowest BCUT2D eigenvalue weighted by molar-refractivity contribution is -0.113. The molecule has 0 saturated heterocycles. The van der Waals surface area contributed by atoms with Gasteiger partial charge in [-0.1, -0.05) is 35.9 Å². The van der Waals surface area contributed by atoms with Gasteiger partial charge in [0, 0.05) is 16.4 Å². The van der Waals surface area contributed by atoms with Gasteiger partial charge >= 0.3 is 0 Å². The van der Waals surface area contributed by atoms with E-state index in [-0.39, 0.29) is 11.7 Å². The van der Waals surface area contributed by atoms with Crippen molar-refractivity contribution in [2.45, 2.75) is 13.0 Å². The van der Waals surface area contributed by atoms with Crippen LogP contribution in [0.15, 0.2) is 84.1 Å². The van der Waals surface area contributed by atoms with E-state index in [9.17, 15) is 9.18 Å². The van der Waals surface area contributed by atoms with Crippen LogP contribution < -0.4 is 10.6 Å². The van der Waals surface area contributed by atoms with Crippen LogP contribution in [0.1, 0.15) is 18.5 Å². The number of benzene rings is 3. The first-order valence-electron chi connectivity index (χ1n) is 9.78. The van der Waals surface area contributed by atoms with Gasteiger partial charge in [-0.2, -0.15) is 0 Å². The Bertz CT molecular complexity index is 1340. The van der Waals surface area contributed by atoms with E-state index < -0.39 is 6.04 Å². The van der Waals surface area contributed by atoms with Gasteiger partial charge < -0.3 is 10.6 Å². The third kappa shape index (κ3) is 3.45. The summed E-state index contributed by atoms with van der Waals surface area (Å²) in [4.78, 5) is 18.1. The number of carbonyl (C=O) groups is 1. The van der Waals surface area contributed by atoms with Gasteiger partial charge in [0.15, 0.2) is 0 Å². The van der Waals surface area contributed by atoms with Crippen molar-refractivity contribution in [3.63, 3.8) is 0 Å². The van der Waals surface area contributed by atoms with Crippen LogP contribution in [0.5, 0.6) is 0 Å². The molecule has 1 aliphatic heterocycles. The Morgan fingerprint density at radius 2 is 1.87 bits per heavy atom. The number of allylic oxidation sites excluding steroid dienone is 1. The number of anilines is 2. The van der Waals surface area contributed by atoms with E-state index in [4.69, 9.17) is 16.6 Å². The Hall–Kier alpha value is -3.64. The monoisotopic (exact) mass is 432 g/mol. The molecule has 1 amide bonds. The quantitative estimate of drug-likeness (QED) is 0.433. The van der Waals surface area contributed by atoms with Crippen LogP contribution in [0.3, 0.4) is 0 Å². The number of halogens is 2. The van der Waals surface area contributed by atoms with Crippen molar-refractivity contribution in [2.24, 2.45) is 0 Å². The molecule has 0 bridgehead atoms. The zero-order valence-corrected chi connectivity index (χ0v) is 17.3. The molecular formula is C24H18ClFN4O. The van der Waals surface area contributed by atoms with Crippen LogP contribution in [-0.4, -0.2) is 15.5 Å². The molecule has 2 heterocycles. The van der Waals surface area contributed by atoms with Gasteiger partial charge in [0.1, 0.15) is 5.82 Å². The summed E-state index contributed by atoms with van der Waals surface area (Å²) in [5.74, 6) is 0.00563. The van der Waals surface area contributed by atoms with E-state index in [1.54, 1.807) is 6.07 Å². The van der Waals surface area contributed by atoms with Gasteiger partial charge in [-0.25, -0.2) is 9.37 Å². The van der Waals surface area contributed by atoms with Crippen LogP contribution in [0, 0.1) is 5.82 Å². The van der Waals surface area contributed by atoms with E-state index in [0.29, 0.717) is 27.9 Å². The minimum atomic E-state index is -0.442. The number of hydrogen-bond acceptors (Lipinski definition) is 3. The molecule has 5 nitrogen and oxygen atoms in total. The van der Waals surface area contributed by atoms with Crippen LogP contribution in [-0.2, 0) is 4.79 Å². The second kappa shape index (κ2) is 7.56. The molecular weight excluding hydrogens is 415 g/mol. The fourth-order valence-electron chi connectivity index (χ4n) is 3.98. The molecule has 1 aliphatic rings. The lowest BCUT2D eigenvalue weighted by Crippen LogP contribution is -2.30. The summed E-state index contributed by atoms with van der Waals surface area (Å²) in [6.07, 6.45) is 0. The number of fused-ring (bicyclic) bond motifs is 3. The molecule has 31 heavy (non-hydrogen) atoms. The van der Waals surface area contributed by atoms with Crippen molar-refractivity contribution >= 4 is 40.2 Å². The molecule has 0 fully saturated rings. The topological polar surface area (TPSA) is 59.0 Å². The molecule has 0 unspecified atom stereocenters. The second-order valence-electron chi connectivity index (χ2n) is 7.38. The largest absolute Gasteiger partial charge is 0.329 e. The van der Waals surface area contributed by atoms with Crippen LogP contribution >= 0.6 is 11.6 Å². The molecule has 0 spiro atoms. The molecule has 0 saturated carbocycles. The van der Waals surface area contributed by atoms with E-state index in [1.807, 2.05) is 54.0 Å². The summed E-state index contributed by atoms with van der Waals surface area (Å²) in [6, 6.07) is 20.5. The van der Waals surface area contributed by atoms with Crippen molar-refractivity contribution in [1.82, 2.24) is 9.55 Å². The van der Waals surface area contributed by atoms with Gasteiger partial charge in [-0.15, -0.1) is 0 Å². The van der Waals surface area contributed by atoms with E-state index in [0.717, 1.165) is 16.6 Å². The number of aromatic nitrogens is 2. The predicted octanol–water partition coefficient (Wildman–Crippen LogP) is 5.76. The van der Waals surface area contributed by atoms with Crippen molar-refractivity contribution in [1.29, 1.82) is 0 Å². The van der Waals surface area contributed by atoms with Crippen molar-refractivity contribution in [3.8, 4) is 0 Å². The molecule has 1 aromatic heterocycles. The van der Waals surface area contributed by atoms with Crippen LogP contribution in [0.4, 0.5) is 16.0 Å². The molecule has 4 aromatic rings. The van der Waals surface area contributed by atoms with Crippen LogP contribution in [0.25, 0.3) is 11.0 Å². The number of nitrogens with zero attached hydrogens (tertiary/aromatic N) is 2. The highest BCUT2D eigenvalue weighted by molar-refractivity contribution is 6.30. The molecule has 5 rings (SSSR count). The van der Waals surface area contributed by atoms with Crippen molar-refractivity contribution in [2.75, 3.05) is 10.6 Å². The Balaban J connectivity index is 1.66. The third-order valence-corrected chi connectivity index (χ3v) is 5.58. The summed E-state index contributed by atoms with van der Waals surface area (Å²) in [5.41, 5.74) is 4.31. The maximum Gasteiger partial charge on any atom is 0.255 e. The predicted molar refractivity (Wildman–Crippen MR) is 121 cm³/mol. The molecule has 154 valence electrons. The summed E-state index contributed by atoms with van der Waals surface area (Å²) in [6.45, 7) is 1.85. The van der Waals surface area contributed by atoms with E-state index >= 15 is 0 Å². The zero-order valence-electron chi connectivity index (χ0n) is 16.6. The van der Waals surface area contributed by atoms with Crippen molar-refractivity contribution < 1.29 is 9.18 Å². The Morgan fingerprint density at radius 1 is 1.10 bits per heavy atom. The number of carbonyl (C=O) groups excluding carboxylic acids is 1. The number of hydrogen-bond donors (Lipinski definition) is 2. The fraction of sp³-hybridized carbons (Fsp3) is 0.0833. The minimum absolute atomic E-state index is 0.287. The summed E-state index contributed by atoms with van der Waals surface area (Å²) in [5, 5.41) is 6.73. The highest BCUT2D eigenvalue weighted by Crippen LogP contribution is 2.40. The third-order valence-electron chi connectivity index (χ3n) is 5.34. The standard InChI is InChI=1S/C24H18ClFN4O/c1-14-21(23(31)28-18-11-9-17(26)10-12-18)22(15-5-4-6-16(25)13-15)30-20-8-3-2-7-19(20)29-24(30)27-14/h2-13,22H,1H3,(H,27,29)(H,28,31)/t22-/m1/s1. The summed E-state index contributed by atoms with van der Waals surface area (Å²) >= 11 is 6.30. The highest BCUT2D eigenvalue weighted by atomic mass is 35.5. The number of amides is 1. The second-order valence-corrected chi connectivity index (χ2v) is 7.81. The van der Waals surface area contributed by atoms with Crippen LogP contribution in [0.2, 0.25) is 5.02 Å². The van der Waals surface area contributed by atoms with Gasteiger partial charge in [0.2, 0.25) is 5.95 Å². The number of rotatable bonds is 3. The summed E-state index contributed by atoms with van der Waals surface area (Å²) < 4.78 is 15.3. The summed E-state index contributed by atoms with van der Waals surface area (Å²) in [7, 11) is 0. The van der Waals surface area contributed by atoms with Gasteiger partial charge in [-0.3, -0.25) is 9.36 Å². The van der Waals surface area contributed by atoms with Gasteiger partial charge in [-0.05, 0) is 61.0 Å². The van der Waals surface area contributed by atoms with Gasteiger partial charge in [0.25, 0.3) is 5.91 Å². The highest BCUT2D eigenvalue weighted by Gasteiger charge is 2.34. The molecule has 2 N–H and O–H groups in total. The molecule has 0 aliphatic carbocycles.